The lowest BCUT2D eigenvalue weighted by atomic mass is 10.0. The Hall–Kier alpha value is -1.57. The second-order valence-electron chi connectivity index (χ2n) is 6.84. The first kappa shape index (κ1) is 17.8. The van der Waals surface area contributed by atoms with Gasteiger partial charge in [-0.25, -0.2) is 0 Å². The molecular weight excluding hydrogens is 286 g/mol. The number of nitriles is 1. The van der Waals surface area contributed by atoms with Crippen molar-refractivity contribution in [1.29, 1.82) is 5.26 Å². The maximum absolute atomic E-state index is 9.67. The van der Waals surface area contributed by atoms with Gasteiger partial charge in [-0.15, -0.1) is 0 Å². The first-order valence-electron chi connectivity index (χ1n) is 8.61. The average Bonchev–Trinajstić information content (AvgIpc) is 2.56. The van der Waals surface area contributed by atoms with Crippen LogP contribution in [0.25, 0.3) is 0 Å². The second kappa shape index (κ2) is 8.33. The van der Waals surface area contributed by atoms with Crippen molar-refractivity contribution in [2.24, 2.45) is 5.92 Å². The van der Waals surface area contributed by atoms with E-state index < -0.39 is 0 Å². The third kappa shape index (κ3) is 4.70. The molecular formula is C19H29N3O. The van der Waals surface area contributed by atoms with Crippen LogP contribution in [0.5, 0.6) is 5.75 Å². The van der Waals surface area contributed by atoms with E-state index in [1.54, 1.807) is 0 Å². The zero-order valence-electron chi connectivity index (χ0n) is 14.8. The molecule has 23 heavy (non-hydrogen) atoms. The number of hydrogen-bond acceptors (Lipinski definition) is 4. The number of piperazine rings is 1. The molecule has 1 saturated heterocycles. The van der Waals surface area contributed by atoms with Gasteiger partial charge in [-0.05, 0) is 37.1 Å². The Morgan fingerprint density at radius 3 is 2.52 bits per heavy atom. The Morgan fingerprint density at radius 2 is 1.96 bits per heavy atom. The number of benzene rings is 1. The maximum Gasteiger partial charge on any atom is 0.123 e. The van der Waals surface area contributed by atoms with Gasteiger partial charge in [-0.3, -0.25) is 4.90 Å². The van der Waals surface area contributed by atoms with E-state index in [-0.39, 0.29) is 6.04 Å². The minimum Gasteiger partial charge on any atom is -0.493 e. The van der Waals surface area contributed by atoms with E-state index in [0.717, 1.165) is 44.0 Å². The molecule has 1 heterocycles. The summed E-state index contributed by atoms with van der Waals surface area (Å²) in [6, 6.07) is 10.9. The van der Waals surface area contributed by atoms with Crippen LogP contribution in [0.2, 0.25) is 0 Å². The number of likely N-dealkylation sites (N-methyl/N-ethyl adjacent to an activating group) is 1. The predicted octanol–water partition coefficient (Wildman–Crippen LogP) is 3.31. The molecule has 2 atom stereocenters. The van der Waals surface area contributed by atoms with Gasteiger partial charge >= 0.3 is 0 Å². The molecule has 126 valence electrons. The van der Waals surface area contributed by atoms with Gasteiger partial charge in [0.05, 0.1) is 12.7 Å². The largest absolute Gasteiger partial charge is 0.493 e. The Kier molecular flexibility index (Phi) is 6.44. The van der Waals surface area contributed by atoms with E-state index >= 15 is 0 Å². The standard InChI is InChI=1S/C19H29N3O/c1-5-17-13-22(11-10-21(17)4)19(12-20)16-6-8-18(9-7-16)23-14-15(2)3/h6-9,15,17,19H,5,10-11,13-14H2,1-4H3. The van der Waals surface area contributed by atoms with Crippen molar-refractivity contribution in [1.82, 2.24) is 9.80 Å². The van der Waals surface area contributed by atoms with E-state index in [2.05, 4.69) is 43.7 Å². The SMILES string of the molecule is CCC1CN(C(C#N)c2ccc(OCC(C)C)cc2)CCN1C. The quantitative estimate of drug-likeness (QED) is 0.807. The van der Waals surface area contributed by atoms with Gasteiger partial charge in [0.15, 0.2) is 0 Å². The van der Waals surface area contributed by atoms with Gasteiger partial charge < -0.3 is 9.64 Å². The number of hydrogen-bond donors (Lipinski definition) is 0. The van der Waals surface area contributed by atoms with Crippen LogP contribution >= 0.6 is 0 Å². The minimum absolute atomic E-state index is 0.170. The number of nitrogens with zero attached hydrogens (tertiary/aromatic N) is 3. The van der Waals surface area contributed by atoms with Crippen molar-refractivity contribution in [2.45, 2.75) is 39.3 Å². The molecule has 0 N–H and O–H groups in total. The minimum atomic E-state index is -0.170. The molecule has 2 rings (SSSR count). The molecule has 0 spiro atoms. The van der Waals surface area contributed by atoms with Gasteiger partial charge in [0, 0.05) is 25.7 Å². The molecule has 0 saturated carbocycles. The highest BCUT2D eigenvalue weighted by Gasteiger charge is 2.28. The molecule has 0 aliphatic carbocycles. The van der Waals surface area contributed by atoms with Crippen LogP contribution in [-0.2, 0) is 0 Å². The van der Waals surface area contributed by atoms with E-state index in [1.807, 2.05) is 24.3 Å². The lowest BCUT2D eigenvalue weighted by Gasteiger charge is -2.41. The zero-order valence-corrected chi connectivity index (χ0v) is 14.8. The zero-order chi connectivity index (χ0) is 16.8. The van der Waals surface area contributed by atoms with Crippen molar-refractivity contribution >= 4 is 0 Å². The molecule has 0 bridgehead atoms. The fraction of sp³-hybridized carbons (Fsp3) is 0.632. The van der Waals surface area contributed by atoms with E-state index in [1.165, 1.54) is 0 Å². The summed E-state index contributed by atoms with van der Waals surface area (Å²) in [5.41, 5.74) is 1.06. The summed E-state index contributed by atoms with van der Waals surface area (Å²) in [5, 5.41) is 9.67. The third-order valence-electron chi connectivity index (χ3n) is 4.55. The van der Waals surface area contributed by atoms with Crippen molar-refractivity contribution in [3.8, 4) is 11.8 Å². The highest BCUT2D eigenvalue weighted by Crippen LogP contribution is 2.25. The first-order valence-corrected chi connectivity index (χ1v) is 8.61. The lowest BCUT2D eigenvalue weighted by molar-refractivity contribution is 0.0773. The monoisotopic (exact) mass is 315 g/mol. The topological polar surface area (TPSA) is 39.5 Å². The normalized spacial score (nSPS) is 21.1. The molecule has 1 aliphatic rings. The van der Waals surface area contributed by atoms with E-state index in [0.29, 0.717) is 12.0 Å². The summed E-state index contributed by atoms with van der Waals surface area (Å²) in [4.78, 5) is 4.70. The van der Waals surface area contributed by atoms with Crippen LogP contribution in [0.4, 0.5) is 0 Å². The summed E-state index contributed by atoms with van der Waals surface area (Å²) in [6.45, 7) is 10.1. The van der Waals surface area contributed by atoms with E-state index in [4.69, 9.17) is 4.74 Å². The highest BCUT2D eigenvalue weighted by atomic mass is 16.5. The first-order chi connectivity index (χ1) is 11.0. The molecule has 0 aromatic heterocycles. The molecule has 0 radical (unpaired) electrons. The smallest absolute Gasteiger partial charge is 0.123 e. The molecule has 1 aromatic rings. The van der Waals surface area contributed by atoms with E-state index in [9.17, 15) is 5.26 Å². The van der Waals surface area contributed by atoms with Gasteiger partial charge in [0.2, 0.25) is 0 Å². The summed E-state index contributed by atoms with van der Waals surface area (Å²) in [5.74, 6) is 1.39. The summed E-state index contributed by atoms with van der Waals surface area (Å²) in [7, 11) is 2.17. The summed E-state index contributed by atoms with van der Waals surface area (Å²) >= 11 is 0. The van der Waals surface area contributed by atoms with Crippen molar-refractivity contribution < 1.29 is 4.74 Å². The van der Waals surface area contributed by atoms with Gasteiger partial charge in [0.25, 0.3) is 0 Å². The second-order valence-corrected chi connectivity index (χ2v) is 6.84. The maximum atomic E-state index is 9.67. The van der Waals surface area contributed by atoms with Crippen LogP contribution in [0.15, 0.2) is 24.3 Å². The van der Waals surface area contributed by atoms with Crippen molar-refractivity contribution in [2.75, 3.05) is 33.3 Å². The van der Waals surface area contributed by atoms with Crippen LogP contribution in [-0.4, -0.2) is 49.1 Å². The Balaban J connectivity index is 2.04. The molecule has 4 heteroatoms. The van der Waals surface area contributed by atoms with Crippen LogP contribution in [0.1, 0.15) is 38.8 Å². The molecule has 1 fully saturated rings. The molecule has 1 aliphatic heterocycles. The number of ether oxygens (including phenoxy) is 1. The molecule has 0 amide bonds. The molecule has 1 aromatic carbocycles. The predicted molar refractivity (Wildman–Crippen MR) is 93.4 cm³/mol. The molecule has 4 nitrogen and oxygen atoms in total. The fourth-order valence-electron chi connectivity index (χ4n) is 3.02. The van der Waals surface area contributed by atoms with Crippen molar-refractivity contribution in [3.05, 3.63) is 29.8 Å². The van der Waals surface area contributed by atoms with Crippen molar-refractivity contribution in [3.63, 3.8) is 0 Å². The van der Waals surface area contributed by atoms with Gasteiger partial charge in [-0.1, -0.05) is 32.9 Å². The summed E-state index contributed by atoms with van der Waals surface area (Å²) < 4.78 is 5.73. The lowest BCUT2D eigenvalue weighted by Crippen LogP contribution is -2.51. The fourth-order valence-corrected chi connectivity index (χ4v) is 3.02. The number of rotatable bonds is 6. The third-order valence-corrected chi connectivity index (χ3v) is 4.55. The summed E-state index contributed by atoms with van der Waals surface area (Å²) in [6.07, 6.45) is 1.12. The Morgan fingerprint density at radius 1 is 1.26 bits per heavy atom. The molecule has 2 unspecified atom stereocenters. The van der Waals surface area contributed by atoms with Crippen LogP contribution in [0, 0.1) is 17.2 Å². The van der Waals surface area contributed by atoms with Crippen LogP contribution < -0.4 is 4.74 Å². The average molecular weight is 315 g/mol. The van der Waals surface area contributed by atoms with Crippen LogP contribution in [0.3, 0.4) is 0 Å². The Labute approximate surface area is 140 Å². The van der Waals surface area contributed by atoms with Gasteiger partial charge in [-0.2, -0.15) is 5.26 Å². The van der Waals surface area contributed by atoms with Gasteiger partial charge in [0.1, 0.15) is 11.8 Å². The highest BCUT2D eigenvalue weighted by molar-refractivity contribution is 5.32. The Bertz CT molecular complexity index is 520.